The monoisotopic (exact) mass is 315 g/mol. The molecule has 0 aliphatic heterocycles. The second-order valence-electron chi connectivity index (χ2n) is 3.75. The van der Waals surface area contributed by atoms with Crippen LogP contribution in [0.4, 0.5) is 0 Å². The van der Waals surface area contributed by atoms with E-state index in [-0.39, 0.29) is 0 Å². The lowest BCUT2D eigenvalue weighted by Gasteiger charge is -2.15. The average Bonchev–Trinajstić information content (AvgIpc) is 2.77. The molecule has 0 aliphatic rings. The highest BCUT2D eigenvalue weighted by Crippen LogP contribution is 2.36. The van der Waals surface area contributed by atoms with Gasteiger partial charge in [-0.15, -0.1) is 22.7 Å². The van der Waals surface area contributed by atoms with Crippen LogP contribution in [0.5, 0.6) is 0 Å². The molecule has 1 nitrogen and oxygen atoms in total. The van der Waals surface area contributed by atoms with Crippen LogP contribution in [0.1, 0.15) is 26.9 Å². The van der Waals surface area contributed by atoms with E-state index < -0.39 is 0 Å². The molecule has 0 saturated heterocycles. The molecular formula is C12H14BrNS2. The molecule has 0 aromatic carbocycles. The summed E-state index contributed by atoms with van der Waals surface area (Å²) in [5.74, 6) is 0. The number of thiophene rings is 2. The summed E-state index contributed by atoms with van der Waals surface area (Å²) in [5.41, 5.74) is 2.75. The van der Waals surface area contributed by atoms with Crippen molar-refractivity contribution in [3.63, 3.8) is 0 Å². The maximum Gasteiger partial charge on any atom is 0.0704 e. The number of aryl methyl sites for hydroxylation is 2. The van der Waals surface area contributed by atoms with Crippen molar-refractivity contribution in [1.29, 1.82) is 0 Å². The van der Waals surface area contributed by atoms with Crippen LogP contribution in [0.15, 0.2) is 21.3 Å². The number of nitrogens with one attached hydrogen (secondary N) is 1. The summed E-state index contributed by atoms with van der Waals surface area (Å²) in [6.45, 7) is 4.35. The maximum atomic E-state index is 3.56. The molecule has 86 valence electrons. The minimum Gasteiger partial charge on any atom is -0.309 e. The highest BCUT2D eigenvalue weighted by Gasteiger charge is 2.19. The highest BCUT2D eigenvalue weighted by molar-refractivity contribution is 9.11. The molecule has 0 amide bonds. The minimum atomic E-state index is 0.322. The summed E-state index contributed by atoms with van der Waals surface area (Å²) in [6, 6.07) is 4.73. The normalized spacial score (nSPS) is 13.0. The van der Waals surface area contributed by atoms with Gasteiger partial charge in [-0.05, 0) is 65.5 Å². The molecule has 0 bridgehead atoms. The number of hydrogen-bond acceptors (Lipinski definition) is 3. The Kier molecular flexibility index (Phi) is 3.85. The molecule has 0 radical (unpaired) electrons. The van der Waals surface area contributed by atoms with Crippen molar-refractivity contribution in [2.24, 2.45) is 0 Å². The van der Waals surface area contributed by atoms with Crippen LogP contribution >= 0.6 is 38.6 Å². The van der Waals surface area contributed by atoms with E-state index >= 15 is 0 Å². The van der Waals surface area contributed by atoms with Crippen molar-refractivity contribution < 1.29 is 0 Å². The number of hydrogen-bond donors (Lipinski definition) is 1. The maximum absolute atomic E-state index is 3.56. The summed E-state index contributed by atoms with van der Waals surface area (Å²) in [4.78, 5) is 2.79. The molecule has 2 aromatic heterocycles. The molecule has 2 aromatic rings. The van der Waals surface area contributed by atoms with Gasteiger partial charge in [-0.25, -0.2) is 0 Å². The third-order valence-corrected chi connectivity index (χ3v) is 5.34. The lowest BCUT2D eigenvalue weighted by Crippen LogP contribution is -2.17. The van der Waals surface area contributed by atoms with Gasteiger partial charge in [0, 0.05) is 9.75 Å². The van der Waals surface area contributed by atoms with Gasteiger partial charge in [0.25, 0.3) is 0 Å². The second-order valence-corrected chi connectivity index (χ2v) is 7.33. The van der Waals surface area contributed by atoms with Crippen LogP contribution in [0, 0.1) is 13.8 Å². The zero-order valence-corrected chi connectivity index (χ0v) is 12.7. The standard InChI is InChI=1S/C12H14BrNS2/c1-7-4-5-15-12(7)11(14-3)9-6-10(13)16-8(9)2/h4-6,11,14H,1-3H3. The number of halogens is 1. The highest BCUT2D eigenvalue weighted by atomic mass is 79.9. The van der Waals surface area contributed by atoms with Gasteiger partial charge in [0.05, 0.1) is 9.83 Å². The van der Waals surface area contributed by atoms with Gasteiger partial charge >= 0.3 is 0 Å². The first kappa shape index (κ1) is 12.3. The van der Waals surface area contributed by atoms with E-state index in [2.05, 4.69) is 52.6 Å². The van der Waals surface area contributed by atoms with Crippen LogP contribution in [-0.2, 0) is 0 Å². The summed E-state index contributed by atoms with van der Waals surface area (Å²) in [5, 5.41) is 5.57. The third-order valence-electron chi connectivity index (χ3n) is 2.69. The smallest absolute Gasteiger partial charge is 0.0704 e. The Morgan fingerprint density at radius 2 is 2.12 bits per heavy atom. The van der Waals surface area contributed by atoms with Crippen molar-refractivity contribution >= 4 is 38.6 Å². The van der Waals surface area contributed by atoms with Crippen LogP contribution in [-0.4, -0.2) is 7.05 Å². The zero-order chi connectivity index (χ0) is 11.7. The van der Waals surface area contributed by atoms with E-state index in [1.165, 1.54) is 24.7 Å². The predicted molar refractivity (Wildman–Crippen MR) is 76.7 cm³/mol. The topological polar surface area (TPSA) is 12.0 Å². The van der Waals surface area contributed by atoms with E-state index in [1.54, 1.807) is 11.3 Å². The van der Waals surface area contributed by atoms with Gasteiger partial charge in [0.2, 0.25) is 0 Å². The van der Waals surface area contributed by atoms with Gasteiger partial charge in [0.1, 0.15) is 0 Å². The van der Waals surface area contributed by atoms with Crippen LogP contribution in [0.2, 0.25) is 0 Å². The fourth-order valence-corrected chi connectivity index (χ4v) is 4.65. The van der Waals surface area contributed by atoms with Crippen LogP contribution < -0.4 is 5.32 Å². The third kappa shape index (κ3) is 2.25. The largest absolute Gasteiger partial charge is 0.309 e. The second kappa shape index (κ2) is 5.00. The Morgan fingerprint density at radius 3 is 2.56 bits per heavy atom. The molecule has 4 heteroatoms. The SMILES string of the molecule is CNC(c1cc(Br)sc1C)c1sccc1C. The summed E-state index contributed by atoms with van der Waals surface area (Å²) < 4.78 is 1.20. The Labute approximate surface area is 113 Å². The quantitative estimate of drug-likeness (QED) is 0.879. The molecule has 2 rings (SSSR count). The van der Waals surface area contributed by atoms with Crippen molar-refractivity contribution in [2.75, 3.05) is 7.05 Å². The summed E-state index contributed by atoms with van der Waals surface area (Å²) in [6.07, 6.45) is 0. The van der Waals surface area contributed by atoms with Gasteiger partial charge in [-0.1, -0.05) is 0 Å². The molecule has 16 heavy (non-hydrogen) atoms. The molecule has 1 unspecified atom stereocenters. The van der Waals surface area contributed by atoms with Crippen molar-refractivity contribution in [2.45, 2.75) is 19.9 Å². The lowest BCUT2D eigenvalue weighted by atomic mass is 10.0. The van der Waals surface area contributed by atoms with E-state index in [4.69, 9.17) is 0 Å². The molecule has 0 saturated carbocycles. The Bertz CT molecular complexity index is 487. The van der Waals surface area contributed by atoms with Gasteiger partial charge in [0.15, 0.2) is 0 Å². The van der Waals surface area contributed by atoms with E-state index in [0.29, 0.717) is 6.04 Å². The van der Waals surface area contributed by atoms with Crippen molar-refractivity contribution in [3.8, 4) is 0 Å². The average molecular weight is 316 g/mol. The molecule has 0 spiro atoms. The fraction of sp³-hybridized carbons (Fsp3) is 0.333. The zero-order valence-electron chi connectivity index (χ0n) is 9.50. The Morgan fingerprint density at radius 1 is 1.38 bits per heavy atom. The van der Waals surface area contributed by atoms with Gasteiger partial charge in [-0.2, -0.15) is 0 Å². The van der Waals surface area contributed by atoms with Gasteiger partial charge in [-0.3, -0.25) is 0 Å². The Balaban J connectivity index is 2.44. The molecule has 2 heterocycles. The molecule has 1 N–H and O–H groups in total. The summed E-state index contributed by atoms with van der Waals surface area (Å²) >= 11 is 7.18. The molecular weight excluding hydrogens is 302 g/mol. The number of rotatable bonds is 3. The first-order valence-electron chi connectivity index (χ1n) is 5.10. The van der Waals surface area contributed by atoms with E-state index in [9.17, 15) is 0 Å². The first-order chi connectivity index (χ1) is 7.63. The molecule has 0 fully saturated rings. The lowest BCUT2D eigenvalue weighted by molar-refractivity contribution is 0.699. The van der Waals surface area contributed by atoms with Crippen LogP contribution in [0.25, 0.3) is 0 Å². The fourth-order valence-electron chi connectivity index (χ4n) is 1.85. The van der Waals surface area contributed by atoms with Gasteiger partial charge < -0.3 is 5.32 Å². The van der Waals surface area contributed by atoms with Crippen LogP contribution in [0.3, 0.4) is 0 Å². The molecule has 0 aliphatic carbocycles. The first-order valence-corrected chi connectivity index (χ1v) is 7.59. The summed E-state index contributed by atoms with van der Waals surface area (Å²) in [7, 11) is 2.02. The van der Waals surface area contributed by atoms with Crippen molar-refractivity contribution in [3.05, 3.63) is 42.2 Å². The Hall–Kier alpha value is -0.160. The molecule has 1 atom stereocenters. The minimum absolute atomic E-state index is 0.322. The van der Waals surface area contributed by atoms with E-state index in [1.807, 2.05) is 18.4 Å². The van der Waals surface area contributed by atoms with Crippen molar-refractivity contribution in [1.82, 2.24) is 5.32 Å². The predicted octanol–water partition coefficient (Wildman–Crippen LogP) is 4.50. The van der Waals surface area contributed by atoms with E-state index in [0.717, 1.165) is 0 Å².